The van der Waals surface area contributed by atoms with Gasteiger partial charge in [-0.2, -0.15) is 0 Å². The Morgan fingerprint density at radius 3 is 0.873 bits per heavy atom. The maximum Gasteiger partial charge on any atom is 0.306 e. The molecule has 0 aromatic rings. The van der Waals surface area contributed by atoms with Crippen molar-refractivity contribution in [2.24, 2.45) is 0 Å². The van der Waals surface area contributed by atoms with Gasteiger partial charge in [0.05, 0.1) is 0 Å². The van der Waals surface area contributed by atoms with E-state index < -0.39 is 6.10 Å². The van der Waals surface area contributed by atoms with Gasteiger partial charge in [0.2, 0.25) is 0 Å². The molecule has 0 aliphatic heterocycles. The smallest absolute Gasteiger partial charge is 0.306 e. The van der Waals surface area contributed by atoms with Crippen LogP contribution in [0.5, 0.6) is 0 Å². The van der Waals surface area contributed by atoms with Crippen LogP contribution >= 0.6 is 0 Å². The average molecular weight is 994 g/mol. The molecule has 1 atom stereocenters. The summed E-state index contributed by atoms with van der Waals surface area (Å²) in [6.45, 7) is 6.55. The van der Waals surface area contributed by atoms with E-state index in [1.54, 1.807) is 0 Å². The number of esters is 3. The highest BCUT2D eigenvalue weighted by molar-refractivity contribution is 5.71. The molecule has 0 amide bonds. The summed E-state index contributed by atoms with van der Waals surface area (Å²) in [6.07, 6.45) is 75.0. The van der Waals surface area contributed by atoms with E-state index in [9.17, 15) is 14.4 Å². The van der Waals surface area contributed by atoms with Crippen LogP contribution in [0, 0.1) is 0 Å². The fourth-order valence-corrected chi connectivity index (χ4v) is 8.90. The van der Waals surface area contributed by atoms with Gasteiger partial charge in [-0.25, -0.2) is 0 Å². The lowest BCUT2D eigenvalue weighted by molar-refractivity contribution is -0.167. The quantitative estimate of drug-likeness (QED) is 0.0261. The Bertz CT molecular complexity index is 1280. The van der Waals surface area contributed by atoms with Crippen molar-refractivity contribution >= 4 is 17.9 Å². The van der Waals surface area contributed by atoms with Gasteiger partial charge in [0.15, 0.2) is 6.10 Å². The fourth-order valence-electron chi connectivity index (χ4n) is 8.90. The highest BCUT2D eigenvalue weighted by Crippen LogP contribution is 2.17. The standard InChI is InChI=1S/C65H116O6/c1-4-7-10-13-16-19-22-25-28-31-32-35-37-40-43-46-49-52-55-58-64(67)70-61-62(71-65(68)59-56-53-50-47-44-41-38-34-30-27-24-21-18-15-12-9-6-3)60-69-63(66)57-54-51-48-45-42-39-36-33-29-26-23-20-17-14-11-8-5-2/h8,11,17,20,25-26,28-29,36,39,62H,4-7,9-10,12-16,18-19,21-24,27,30-35,37-38,40-61H2,1-3H3/b11-8-,20-17-,28-25-,29-26-,39-36-/t62-/m1/s1. The molecule has 0 aliphatic rings. The van der Waals surface area contributed by atoms with Crippen molar-refractivity contribution in [3.63, 3.8) is 0 Å². The molecule has 0 radical (unpaired) electrons. The summed E-state index contributed by atoms with van der Waals surface area (Å²) in [5.74, 6) is -0.889. The van der Waals surface area contributed by atoms with Gasteiger partial charge < -0.3 is 14.2 Å². The normalized spacial score (nSPS) is 12.4. The van der Waals surface area contributed by atoms with Crippen molar-refractivity contribution < 1.29 is 28.6 Å². The molecule has 412 valence electrons. The van der Waals surface area contributed by atoms with Crippen molar-refractivity contribution in [3.05, 3.63) is 60.8 Å². The van der Waals surface area contributed by atoms with Crippen LogP contribution in [0.2, 0.25) is 0 Å². The summed E-state index contributed by atoms with van der Waals surface area (Å²) in [5, 5.41) is 0. The molecule has 6 heteroatoms. The van der Waals surface area contributed by atoms with Gasteiger partial charge in [-0.15, -0.1) is 0 Å². The largest absolute Gasteiger partial charge is 0.462 e. The molecule has 0 N–H and O–H groups in total. The topological polar surface area (TPSA) is 78.9 Å². The molecule has 0 unspecified atom stereocenters. The Morgan fingerprint density at radius 2 is 0.549 bits per heavy atom. The zero-order valence-corrected chi connectivity index (χ0v) is 47.2. The minimum atomic E-state index is -0.784. The van der Waals surface area contributed by atoms with Crippen LogP contribution in [-0.4, -0.2) is 37.2 Å². The number of ether oxygens (including phenoxy) is 3. The Morgan fingerprint density at radius 1 is 0.296 bits per heavy atom. The summed E-state index contributed by atoms with van der Waals surface area (Å²) in [4.78, 5) is 38.3. The molecule has 0 saturated heterocycles. The molecular weight excluding hydrogens is 877 g/mol. The third-order valence-electron chi connectivity index (χ3n) is 13.5. The van der Waals surface area contributed by atoms with Crippen molar-refractivity contribution in [1.82, 2.24) is 0 Å². The SMILES string of the molecule is CC/C=C\C/C=C\C/C=C\C/C=C\CCCCCCC(=O)OC[C@H](COC(=O)CCCCCCCCCCC/C=C\CCCCCCCC)OC(=O)CCCCCCCCCCCCCCCCCCC. The summed E-state index contributed by atoms with van der Waals surface area (Å²) in [7, 11) is 0. The van der Waals surface area contributed by atoms with E-state index in [4.69, 9.17) is 14.2 Å². The maximum atomic E-state index is 12.9. The molecule has 0 saturated carbocycles. The van der Waals surface area contributed by atoms with Gasteiger partial charge in [0.25, 0.3) is 0 Å². The number of unbranched alkanes of at least 4 members (excludes halogenated alkanes) is 35. The van der Waals surface area contributed by atoms with Crippen molar-refractivity contribution in [2.45, 2.75) is 322 Å². The predicted molar refractivity (Wildman–Crippen MR) is 307 cm³/mol. The van der Waals surface area contributed by atoms with Crippen molar-refractivity contribution in [3.8, 4) is 0 Å². The zero-order chi connectivity index (χ0) is 51.4. The number of allylic oxidation sites excluding steroid dienone is 10. The second kappa shape index (κ2) is 59.7. The monoisotopic (exact) mass is 993 g/mol. The summed E-state index contributed by atoms with van der Waals surface area (Å²) in [6, 6.07) is 0. The van der Waals surface area contributed by atoms with Crippen LogP contribution in [-0.2, 0) is 28.6 Å². The molecule has 6 nitrogen and oxygen atoms in total. The first-order chi connectivity index (χ1) is 35.0. The Labute approximate surface area is 440 Å². The molecule has 0 fully saturated rings. The lowest BCUT2D eigenvalue weighted by atomic mass is 10.0. The van der Waals surface area contributed by atoms with E-state index in [0.717, 1.165) is 96.3 Å². The highest BCUT2D eigenvalue weighted by Gasteiger charge is 2.19. The molecule has 0 aliphatic carbocycles. The van der Waals surface area contributed by atoms with E-state index in [1.807, 2.05) is 0 Å². The van der Waals surface area contributed by atoms with Gasteiger partial charge in [-0.05, 0) is 83.5 Å². The van der Waals surface area contributed by atoms with Gasteiger partial charge in [0, 0.05) is 19.3 Å². The molecule has 0 bridgehead atoms. The van der Waals surface area contributed by atoms with Crippen LogP contribution < -0.4 is 0 Å². The first-order valence-corrected chi connectivity index (χ1v) is 30.8. The second-order valence-electron chi connectivity index (χ2n) is 20.6. The third kappa shape index (κ3) is 57.9. The molecular formula is C65H116O6. The minimum Gasteiger partial charge on any atom is -0.462 e. The second-order valence-corrected chi connectivity index (χ2v) is 20.6. The minimum absolute atomic E-state index is 0.0802. The van der Waals surface area contributed by atoms with Gasteiger partial charge in [-0.3, -0.25) is 14.4 Å². The van der Waals surface area contributed by atoms with Crippen LogP contribution in [0.25, 0.3) is 0 Å². The zero-order valence-electron chi connectivity index (χ0n) is 47.2. The Hall–Kier alpha value is -2.89. The van der Waals surface area contributed by atoms with E-state index >= 15 is 0 Å². The average Bonchev–Trinajstić information content (AvgIpc) is 3.37. The summed E-state index contributed by atoms with van der Waals surface area (Å²) < 4.78 is 16.9. The van der Waals surface area contributed by atoms with Crippen molar-refractivity contribution in [1.29, 1.82) is 0 Å². The summed E-state index contributed by atoms with van der Waals surface area (Å²) in [5.41, 5.74) is 0. The molecule has 0 spiro atoms. The third-order valence-corrected chi connectivity index (χ3v) is 13.5. The molecule has 0 aromatic carbocycles. The van der Waals surface area contributed by atoms with Gasteiger partial charge in [0.1, 0.15) is 13.2 Å². The van der Waals surface area contributed by atoms with Crippen molar-refractivity contribution in [2.75, 3.05) is 13.2 Å². The lowest BCUT2D eigenvalue weighted by Gasteiger charge is -2.18. The fraction of sp³-hybridized carbons (Fsp3) is 0.800. The predicted octanol–water partition coefficient (Wildman–Crippen LogP) is 20.8. The maximum absolute atomic E-state index is 12.9. The number of carbonyl (C=O) groups is 3. The lowest BCUT2D eigenvalue weighted by Crippen LogP contribution is -2.30. The molecule has 0 rings (SSSR count). The van der Waals surface area contributed by atoms with E-state index in [1.165, 1.54) is 180 Å². The molecule has 71 heavy (non-hydrogen) atoms. The van der Waals surface area contributed by atoms with E-state index in [2.05, 4.69) is 81.5 Å². The summed E-state index contributed by atoms with van der Waals surface area (Å²) >= 11 is 0. The van der Waals surface area contributed by atoms with Crippen LogP contribution in [0.1, 0.15) is 316 Å². The number of carbonyl (C=O) groups excluding carboxylic acids is 3. The van der Waals surface area contributed by atoms with Crippen LogP contribution in [0.15, 0.2) is 60.8 Å². The highest BCUT2D eigenvalue weighted by atomic mass is 16.6. The molecule has 0 aromatic heterocycles. The Balaban J connectivity index is 4.38. The van der Waals surface area contributed by atoms with Gasteiger partial charge in [-0.1, -0.05) is 274 Å². The van der Waals surface area contributed by atoms with Crippen LogP contribution in [0.3, 0.4) is 0 Å². The van der Waals surface area contributed by atoms with Gasteiger partial charge >= 0.3 is 17.9 Å². The first kappa shape index (κ1) is 68.1. The van der Waals surface area contributed by atoms with E-state index in [-0.39, 0.29) is 31.1 Å². The first-order valence-electron chi connectivity index (χ1n) is 30.8. The van der Waals surface area contributed by atoms with Crippen LogP contribution in [0.4, 0.5) is 0 Å². The number of hydrogen-bond donors (Lipinski definition) is 0. The molecule has 0 heterocycles. The Kier molecular flexibility index (Phi) is 57.2. The van der Waals surface area contributed by atoms with E-state index in [0.29, 0.717) is 19.3 Å². The number of rotatable bonds is 56. The number of hydrogen-bond acceptors (Lipinski definition) is 6.